The van der Waals surface area contributed by atoms with Crippen LogP contribution in [-0.4, -0.2) is 33.4 Å². The molecule has 1 atom stereocenters. The van der Waals surface area contributed by atoms with Crippen molar-refractivity contribution in [1.82, 2.24) is 0 Å². The molecule has 0 N–H and O–H groups in total. The van der Waals surface area contributed by atoms with Gasteiger partial charge in [0.15, 0.2) is 0 Å². The molecule has 0 bridgehead atoms. The number of rotatable bonds is 5. The molecular weight excluding hydrogens is 259 g/mol. The molecule has 0 saturated carbocycles. The predicted octanol–water partition coefficient (Wildman–Crippen LogP) is 2.19. The smallest absolute Gasteiger partial charge is 0.270 e. The molecule has 3 nitrogen and oxygen atoms in total. The number of hydrogen-bond donors (Lipinski definition) is 0. The third-order valence-corrected chi connectivity index (χ3v) is 2.44. The lowest BCUT2D eigenvalue weighted by Crippen LogP contribution is -2.42. The van der Waals surface area contributed by atoms with E-state index in [0.29, 0.717) is 13.2 Å². The SMILES string of the molecule is CC(CCOS(C)(=O)=O)C(F)(F)C(F)(F)F. The van der Waals surface area contributed by atoms with Crippen LogP contribution in [0.5, 0.6) is 0 Å². The van der Waals surface area contributed by atoms with Crippen LogP contribution < -0.4 is 0 Å². The summed E-state index contributed by atoms with van der Waals surface area (Å²) in [6.45, 7) is -0.0230. The lowest BCUT2D eigenvalue weighted by Gasteiger charge is -2.25. The van der Waals surface area contributed by atoms with Crippen molar-refractivity contribution in [2.75, 3.05) is 12.9 Å². The van der Waals surface area contributed by atoms with Crippen LogP contribution in [0.25, 0.3) is 0 Å². The molecule has 0 aliphatic rings. The van der Waals surface area contributed by atoms with Crippen LogP contribution >= 0.6 is 0 Å². The zero-order valence-corrected chi connectivity index (χ0v) is 9.33. The van der Waals surface area contributed by atoms with E-state index in [1.807, 2.05) is 0 Å². The summed E-state index contributed by atoms with van der Waals surface area (Å²) >= 11 is 0. The van der Waals surface area contributed by atoms with Crippen molar-refractivity contribution in [2.24, 2.45) is 5.92 Å². The van der Waals surface area contributed by atoms with Gasteiger partial charge in [0.25, 0.3) is 10.1 Å². The Bertz CT molecular complexity index is 321. The van der Waals surface area contributed by atoms with Crippen LogP contribution in [0.4, 0.5) is 22.0 Å². The largest absolute Gasteiger partial charge is 0.453 e. The van der Waals surface area contributed by atoms with Crippen LogP contribution in [0.3, 0.4) is 0 Å². The topological polar surface area (TPSA) is 43.4 Å². The highest BCUT2D eigenvalue weighted by Crippen LogP contribution is 2.42. The minimum absolute atomic E-state index is 0.680. The average molecular weight is 270 g/mol. The van der Waals surface area contributed by atoms with Gasteiger partial charge in [-0.05, 0) is 6.42 Å². The number of alkyl halides is 5. The Labute approximate surface area is 89.7 Å². The summed E-state index contributed by atoms with van der Waals surface area (Å²) in [5.74, 6) is -6.90. The third kappa shape index (κ3) is 4.60. The average Bonchev–Trinajstić information content (AvgIpc) is 1.99. The molecule has 0 aromatic heterocycles. The second-order valence-corrected chi connectivity index (χ2v) is 4.98. The van der Waals surface area contributed by atoms with E-state index in [1.165, 1.54) is 0 Å². The van der Waals surface area contributed by atoms with Crippen LogP contribution in [0.1, 0.15) is 13.3 Å². The summed E-state index contributed by atoms with van der Waals surface area (Å²) in [6.07, 6.45) is -5.67. The lowest BCUT2D eigenvalue weighted by molar-refractivity contribution is -0.301. The van der Waals surface area contributed by atoms with Crippen molar-refractivity contribution in [3.63, 3.8) is 0 Å². The first-order valence-electron chi connectivity index (χ1n) is 4.17. The van der Waals surface area contributed by atoms with Gasteiger partial charge in [0.1, 0.15) is 0 Å². The summed E-state index contributed by atoms with van der Waals surface area (Å²) in [4.78, 5) is 0. The van der Waals surface area contributed by atoms with Crippen LogP contribution in [0.2, 0.25) is 0 Å². The molecule has 9 heteroatoms. The summed E-state index contributed by atoms with van der Waals surface area (Å²) in [6, 6.07) is 0. The molecule has 0 aliphatic heterocycles. The first-order valence-corrected chi connectivity index (χ1v) is 5.98. The first-order chi connectivity index (χ1) is 6.88. The van der Waals surface area contributed by atoms with Gasteiger partial charge in [0.2, 0.25) is 0 Å². The summed E-state index contributed by atoms with van der Waals surface area (Å²) in [7, 11) is -3.83. The maximum atomic E-state index is 12.6. The van der Waals surface area contributed by atoms with Gasteiger partial charge in [-0.15, -0.1) is 0 Å². The lowest BCUT2D eigenvalue weighted by atomic mass is 10.00. The van der Waals surface area contributed by atoms with Gasteiger partial charge >= 0.3 is 12.1 Å². The molecule has 0 aromatic rings. The molecule has 0 heterocycles. The van der Waals surface area contributed by atoms with E-state index in [9.17, 15) is 30.4 Å². The van der Waals surface area contributed by atoms with Crippen molar-refractivity contribution >= 4 is 10.1 Å². The van der Waals surface area contributed by atoms with Gasteiger partial charge in [-0.2, -0.15) is 30.4 Å². The van der Waals surface area contributed by atoms with Crippen molar-refractivity contribution in [2.45, 2.75) is 25.4 Å². The van der Waals surface area contributed by atoms with Crippen molar-refractivity contribution in [1.29, 1.82) is 0 Å². The Kier molecular flexibility index (Phi) is 4.69. The van der Waals surface area contributed by atoms with Crippen LogP contribution in [0.15, 0.2) is 0 Å². The Balaban J connectivity index is 4.32. The standard InChI is InChI=1S/C7H11F5O3S/c1-5(3-4-15-16(2,13)14)6(8,9)7(10,11)12/h5H,3-4H2,1-2H3. The Morgan fingerprint density at radius 3 is 1.94 bits per heavy atom. The zero-order valence-electron chi connectivity index (χ0n) is 8.51. The van der Waals surface area contributed by atoms with Gasteiger partial charge in [-0.1, -0.05) is 6.92 Å². The second kappa shape index (κ2) is 4.82. The fourth-order valence-electron chi connectivity index (χ4n) is 0.837. The molecule has 0 spiro atoms. The molecule has 0 saturated heterocycles. The van der Waals surface area contributed by atoms with E-state index in [4.69, 9.17) is 0 Å². The maximum absolute atomic E-state index is 12.6. The summed E-state index contributed by atoms with van der Waals surface area (Å²) in [5, 5.41) is 0. The van der Waals surface area contributed by atoms with Crippen molar-refractivity contribution in [3.05, 3.63) is 0 Å². The molecule has 16 heavy (non-hydrogen) atoms. The number of hydrogen-bond acceptors (Lipinski definition) is 3. The van der Waals surface area contributed by atoms with E-state index >= 15 is 0 Å². The van der Waals surface area contributed by atoms with E-state index in [-0.39, 0.29) is 0 Å². The van der Waals surface area contributed by atoms with E-state index in [0.717, 1.165) is 0 Å². The van der Waals surface area contributed by atoms with Gasteiger partial charge in [-0.3, -0.25) is 4.18 Å². The normalized spacial score (nSPS) is 16.2. The fourth-order valence-corrected chi connectivity index (χ4v) is 1.24. The highest BCUT2D eigenvalue weighted by Gasteiger charge is 2.60. The molecule has 0 rings (SSSR count). The van der Waals surface area contributed by atoms with E-state index in [1.54, 1.807) is 0 Å². The molecule has 0 radical (unpaired) electrons. The highest BCUT2D eigenvalue weighted by atomic mass is 32.2. The minimum Gasteiger partial charge on any atom is -0.270 e. The first kappa shape index (κ1) is 15.6. The van der Waals surface area contributed by atoms with Crippen LogP contribution in [-0.2, 0) is 14.3 Å². The Hall–Kier alpha value is -0.440. The monoisotopic (exact) mass is 270 g/mol. The van der Waals surface area contributed by atoms with E-state index < -0.39 is 41.2 Å². The quantitative estimate of drug-likeness (QED) is 0.568. The highest BCUT2D eigenvalue weighted by molar-refractivity contribution is 7.85. The summed E-state index contributed by atoms with van der Waals surface area (Å²) in [5.41, 5.74) is 0. The van der Waals surface area contributed by atoms with Gasteiger partial charge < -0.3 is 0 Å². The Morgan fingerprint density at radius 2 is 1.62 bits per heavy atom. The molecule has 0 fully saturated rings. The molecule has 0 aromatic carbocycles. The third-order valence-electron chi connectivity index (χ3n) is 1.85. The molecule has 1 unspecified atom stereocenters. The maximum Gasteiger partial charge on any atom is 0.453 e. The second-order valence-electron chi connectivity index (χ2n) is 3.34. The summed E-state index contributed by atoms with van der Waals surface area (Å²) < 4.78 is 85.7. The van der Waals surface area contributed by atoms with E-state index in [2.05, 4.69) is 4.18 Å². The molecule has 0 amide bonds. The van der Waals surface area contributed by atoms with Gasteiger partial charge in [-0.25, -0.2) is 0 Å². The fraction of sp³-hybridized carbons (Fsp3) is 1.00. The molecule has 0 aliphatic carbocycles. The van der Waals surface area contributed by atoms with Gasteiger partial charge in [0.05, 0.1) is 12.9 Å². The van der Waals surface area contributed by atoms with Gasteiger partial charge in [0, 0.05) is 5.92 Å². The molecular formula is C7H11F5O3S. The zero-order chi connectivity index (χ0) is 13.2. The minimum atomic E-state index is -5.64. The van der Waals surface area contributed by atoms with Crippen molar-refractivity contribution < 1.29 is 34.6 Å². The number of halogens is 5. The van der Waals surface area contributed by atoms with Crippen molar-refractivity contribution in [3.8, 4) is 0 Å². The van der Waals surface area contributed by atoms with Crippen LogP contribution in [0, 0.1) is 5.92 Å². The Morgan fingerprint density at radius 1 is 1.19 bits per heavy atom. The molecule has 98 valence electrons. The predicted molar refractivity (Wildman–Crippen MR) is 45.6 cm³/mol.